The molecule has 2 aliphatic carbocycles. The zero-order valence-corrected chi connectivity index (χ0v) is 12.9. The van der Waals surface area contributed by atoms with Crippen LogP contribution in [-0.4, -0.2) is 32.2 Å². The van der Waals surface area contributed by atoms with Gasteiger partial charge in [-0.05, 0) is 32.1 Å². The van der Waals surface area contributed by atoms with Crippen LogP contribution < -0.4 is 10.6 Å². The molecule has 7 heteroatoms. The number of aryl methyl sites for hydroxylation is 1. The summed E-state index contributed by atoms with van der Waals surface area (Å²) >= 11 is 0. The lowest BCUT2D eigenvalue weighted by Crippen LogP contribution is -2.30. The molecule has 1 aliphatic heterocycles. The number of aromatic nitrogens is 4. The zero-order valence-electron chi connectivity index (χ0n) is 12.9. The van der Waals surface area contributed by atoms with Gasteiger partial charge in [-0.2, -0.15) is 5.10 Å². The summed E-state index contributed by atoms with van der Waals surface area (Å²) in [6, 6.07) is 0. The lowest BCUT2D eigenvalue weighted by atomic mass is 10.2. The molecule has 2 saturated carbocycles. The third kappa shape index (κ3) is 1.76. The standard InChI is InChI=1S/C16H18N6O/c1-9-14(21-7-10-4-12(10)15(21)23)18-6-13(20-9)16(2-3-16)22-8-11(17)5-19-22/h5-6,8,10,12H,2-4,7,17H2,1H3/t10-,12-/m1/s1. The number of piperidine rings is 1. The molecule has 23 heavy (non-hydrogen) atoms. The van der Waals surface area contributed by atoms with E-state index in [9.17, 15) is 4.79 Å². The Morgan fingerprint density at radius 1 is 1.35 bits per heavy atom. The van der Waals surface area contributed by atoms with Crippen LogP contribution in [-0.2, 0) is 10.3 Å². The van der Waals surface area contributed by atoms with Crippen molar-refractivity contribution >= 4 is 17.4 Å². The van der Waals surface area contributed by atoms with Crippen molar-refractivity contribution < 1.29 is 4.79 Å². The molecule has 3 fully saturated rings. The molecule has 0 radical (unpaired) electrons. The van der Waals surface area contributed by atoms with Gasteiger partial charge in [0.05, 0.1) is 29.5 Å². The van der Waals surface area contributed by atoms with Gasteiger partial charge < -0.3 is 5.73 Å². The molecule has 2 aromatic rings. The van der Waals surface area contributed by atoms with E-state index in [2.05, 4.69) is 10.1 Å². The van der Waals surface area contributed by atoms with Gasteiger partial charge in [0.15, 0.2) is 5.82 Å². The summed E-state index contributed by atoms with van der Waals surface area (Å²) in [7, 11) is 0. The summed E-state index contributed by atoms with van der Waals surface area (Å²) in [6.07, 6.45) is 8.30. The number of rotatable bonds is 3. The highest BCUT2D eigenvalue weighted by atomic mass is 16.2. The van der Waals surface area contributed by atoms with Crippen molar-refractivity contribution in [2.24, 2.45) is 11.8 Å². The van der Waals surface area contributed by atoms with Crippen molar-refractivity contribution in [2.45, 2.75) is 31.7 Å². The third-order valence-electron chi connectivity index (χ3n) is 5.34. The fourth-order valence-corrected chi connectivity index (χ4v) is 3.72. The van der Waals surface area contributed by atoms with Gasteiger partial charge in [-0.3, -0.25) is 19.4 Å². The summed E-state index contributed by atoms with van der Waals surface area (Å²) in [6.45, 7) is 2.72. The molecule has 2 aromatic heterocycles. The number of fused-ring (bicyclic) bond motifs is 1. The summed E-state index contributed by atoms with van der Waals surface area (Å²) in [5.41, 5.74) is 7.93. The molecule has 7 nitrogen and oxygen atoms in total. The Kier molecular flexibility index (Phi) is 2.32. The first-order chi connectivity index (χ1) is 11.1. The predicted octanol–water partition coefficient (Wildman–Crippen LogP) is 1.08. The Bertz CT molecular complexity index is 824. The van der Waals surface area contributed by atoms with Crippen LogP contribution in [0.5, 0.6) is 0 Å². The molecule has 5 rings (SSSR count). The van der Waals surface area contributed by atoms with E-state index in [1.165, 1.54) is 0 Å². The number of hydrogen-bond acceptors (Lipinski definition) is 5. The van der Waals surface area contributed by atoms with Crippen molar-refractivity contribution in [1.29, 1.82) is 0 Å². The lowest BCUT2D eigenvalue weighted by Gasteiger charge is -2.21. The fraction of sp³-hybridized carbons (Fsp3) is 0.500. The van der Waals surface area contributed by atoms with Crippen molar-refractivity contribution in [3.63, 3.8) is 0 Å². The van der Waals surface area contributed by atoms with Gasteiger partial charge in [0.2, 0.25) is 5.91 Å². The van der Waals surface area contributed by atoms with E-state index in [-0.39, 0.29) is 17.4 Å². The number of carbonyl (C=O) groups excluding carboxylic acids is 1. The van der Waals surface area contributed by atoms with Gasteiger partial charge >= 0.3 is 0 Å². The van der Waals surface area contributed by atoms with E-state index in [0.29, 0.717) is 17.4 Å². The Labute approximate surface area is 133 Å². The maximum Gasteiger partial charge on any atom is 0.231 e. The smallest absolute Gasteiger partial charge is 0.231 e. The number of carbonyl (C=O) groups is 1. The minimum absolute atomic E-state index is 0.209. The second kappa shape index (κ2) is 4.10. The lowest BCUT2D eigenvalue weighted by molar-refractivity contribution is -0.118. The highest BCUT2D eigenvalue weighted by molar-refractivity contribution is 5.99. The Morgan fingerprint density at radius 3 is 2.74 bits per heavy atom. The molecule has 0 aromatic carbocycles. The Morgan fingerprint density at radius 2 is 2.17 bits per heavy atom. The highest BCUT2D eigenvalue weighted by Crippen LogP contribution is 2.49. The van der Waals surface area contributed by atoms with E-state index in [4.69, 9.17) is 10.7 Å². The number of nitrogens with two attached hydrogens (primary N) is 1. The minimum atomic E-state index is -0.217. The normalized spacial score (nSPS) is 27.2. The summed E-state index contributed by atoms with van der Waals surface area (Å²) < 4.78 is 1.89. The maximum absolute atomic E-state index is 12.2. The Hall–Kier alpha value is -2.44. The van der Waals surface area contributed by atoms with Crippen LogP contribution in [0.1, 0.15) is 30.7 Å². The van der Waals surface area contributed by atoms with Gasteiger partial charge in [-0.1, -0.05) is 0 Å². The summed E-state index contributed by atoms with van der Waals surface area (Å²) in [5, 5.41) is 4.34. The molecule has 1 saturated heterocycles. The Balaban J connectivity index is 1.49. The van der Waals surface area contributed by atoms with Crippen LogP contribution in [0, 0.1) is 18.8 Å². The number of amides is 1. The van der Waals surface area contributed by atoms with Gasteiger partial charge in [0, 0.05) is 18.7 Å². The first-order valence-corrected chi connectivity index (χ1v) is 8.05. The van der Waals surface area contributed by atoms with E-state index >= 15 is 0 Å². The van der Waals surface area contributed by atoms with E-state index in [1.807, 2.05) is 17.8 Å². The third-order valence-corrected chi connectivity index (χ3v) is 5.34. The van der Waals surface area contributed by atoms with Crippen molar-refractivity contribution in [1.82, 2.24) is 19.7 Å². The molecule has 118 valence electrons. The topological polar surface area (TPSA) is 89.9 Å². The van der Waals surface area contributed by atoms with Crippen LogP contribution in [0.4, 0.5) is 11.5 Å². The quantitative estimate of drug-likeness (QED) is 0.916. The van der Waals surface area contributed by atoms with Crippen LogP contribution in [0.2, 0.25) is 0 Å². The van der Waals surface area contributed by atoms with E-state index in [1.54, 1.807) is 17.3 Å². The van der Waals surface area contributed by atoms with Crippen LogP contribution in [0.3, 0.4) is 0 Å². The predicted molar refractivity (Wildman–Crippen MR) is 83.7 cm³/mol. The van der Waals surface area contributed by atoms with E-state index < -0.39 is 0 Å². The van der Waals surface area contributed by atoms with Gasteiger partial charge in [0.1, 0.15) is 5.54 Å². The van der Waals surface area contributed by atoms with Crippen molar-refractivity contribution in [3.8, 4) is 0 Å². The number of nitrogen functional groups attached to an aromatic ring is 1. The molecule has 2 atom stereocenters. The van der Waals surface area contributed by atoms with Gasteiger partial charge in [-0.15, -0.1) is 0 Å². The molecular formula is C16H18N6O. The highest BCUT2D eigenvalue weighted by Gasteiger charge is 2.53. The second-order valence-electron chi connectivity index (χ2n) is 6.97. The fourth-order valence-electron chi connectivity index (χ4n) is 3.72. The minimum Gasteiger partial charge on any atom is -0.396 e. The molecule has 0 spiro atoms. The number of anilines is 2. The first-order valence-electron chi connectivity index (χ1n) is 8.05. The summed E-state index contributed by atoms with van der Waals surface area (Å²) in [5.74, 6) is 1.69. The summed E-state index contributed by atoms with van der Waals surface area (Å²) in [4.78, 5) is 23.4. The van der Waals surface area contributed by atoms with Crippen LogP contribution >= 0.6 is 0 Å². The zero-order chi connectivity index (χ0) is 15.8. The second-order valence-corrected chi connectivity index (χ2v) is 6.97. The first kappa shape index (κ1) is 13.0. The molecule has 0 bridgehead atoms. The van der Waals surface area contributed by atoms with Gasteiger partial charge in [-0.25, -0.2) is 4.98 Å². The molecule has 0 unspecified atom stereocenters. The molecule has 2 N–H and O–H groups in total. The van der Waals surface area contributed by atoms with Crippen LogP contribution in [0.25, 0.3) is 0 Å². The number of nitrogens with zero attached hydrogens (tertiary/aromatic N) is 5. The largest absolute Gasteiger partial charge is 0.396 e. The van der Waals surface area contributed by atoms with Crippen molar-refractivity contribution in [2.75, 3.05) is 17.2 Å². The molecule has 3 aliphatic rings. The SMILES string of the molecule is Cc1nc(C2(n3cc(N)cn3)CC2)cnc1N1C[C@H]2C[C@H]2C1=O. The van der Waals surface area contributed by atoms with Crippen LogP contribution in [0.15, 0.2) is 18.6 Å². The monoisotopic (exact) mass is 310 g/mol. The molecular weight excluding hydrogens is 292 g/mol. The molecule has 3 heterocycles. The van der Waals surface area contributed by atoms with Crippen molar-refractivity contribution in [3.05, 3.63) is 30.0 Å². The molecule has 1 amide bonds. The maximum atomic E-state index is 12.2. The average molecular weight is 310 g/mol. The average Bonchev–Trinajstić information content (AvgIpc) is 3.43. The van der Waals surface area contributed by atoms with Gasteiger partial charge in [0.25, 0.3) is 0 Å². The van der Waals surface area contributed by atoms with E-state index in [0.717, 1.165) is 37.2 Å². The number of hydrogen-bond donors (Lipinski definition) is 1.